The highest BCUT2D eigenvalue weighted by Gasteiger charge is 2.15. The molecule has 8 heteroatoms. The van der Waals surface area contributed by atoms with Gasteiger partial charge in [-0.3, -0.25) is 15.0 Å². The number of nitro benzene ring substituents is 1. The summed E-state index contributed by atoms with van der Waals surface area (Å²) in [5.74, 6) is 0.927. The first kappa shape index (κ1) is 22.3. The molecule has 1 heterocycles. The largest absolute Gasteiger partial charge is 0.508 e. The minimum atomic E-state index is -0.425. The van der Waals surface area contributed by atoms with Crippen LogP contribution in [-0.4, -0.2) is 40.1 Å². The lowest BCUT2D eigenvalue weighted by Gasteiger charge is -2.20. The average Bonchev–Trinajstić information content (AvgIpc) is 2.83. The molecule has 1 aromatic heterocycles. The molecule has 3 aromatic carbocycles. The van der Waals surface area contributed by atoms with Crippen LogP contribution in [0.2, 0.25) is 0 Å². The molecule has 0 aliphatic heterocycles. The number of pyridine rings is 1. The standard InChI is InChI=1S/C25H26N4O4/c1-4-28(5-2)15-16-12-17(6-11-24(16)30)26-25-20-9-7-18(29(31)32)13-23(20)27-22-10-8-19(33-3)14-21(22)25/h6-14,30H,4-5,15H2,1-3H3,(H,26,27). The Morgan fingerprint density at radius 3 is 2.52 bits per heavy atom. The molecule has 4 aromatic rings. The molecule has 0 bridgehead atoms. The van der Waals surface area contributed by atoms with E-state index in [2.05, 4.69) is 29.0 Å². The minimum absolute atomic E-state index is 0.0139. The lowest BCUT2D eigenvalue weighted by atomic mass is 10.1. The van der Waals surface area contributed by atoms with Crippen molar-refractivity contribution in [2.75, 3.05) is 25.5 Å². The maximum absolute atomic E-state index is 11.3. The summed E-state index contributed by atoms with van der Waals surface area (Å²) in [5, 5.41) is 26.7. The summed E-state index contributed by atoms with van der Waals surface area (Å²) in [6.07, 6.45) is 0. The fraction of sp³-hybridized carbons (Fsp3) is 0.240. The second-order valence-corrected chi connectivity index (χ2v) is 7.76. The van der Waals surface area contributed by atoms with Crippen molar-refractivity contribution in [3.63, 3.8) is 0 Å². The van der Waals surface area contributed by atoms with Gasteiger partial charge in [-0.15, -0.1) is 0 Å². The van der Waals surface area contributed by atoms with Crippen molar-refractivity contribution in [2.45, 2.75) is 20.4 Å². The zero-order valence-corrected chi connectivity index (χ0v) is 18.8. The van der Waals surface area contributed by atoms with E-state index in [0.717, 1.165) is 40.8 Å². The van der Waals surface area contributed by atoms with Gasteiger partial charge in [-0.25, -0.2) is 4.98 Å². The quantitative estimate of drug-likeness (QED) is 0.157. The third-order valence-electron chi connectivity index (χ3n) is 5.81. The fourth-order valence-electron chi connectivity index (χ4n) is 3.91. The molecular formula is C25H26N4O4. The first-order chi connectivity index (χ1) is 15.9. The van der Waals surface area contributed by atoms with Crippen molar-refractivity contribution in [1.29, 1.82) is 0 Å². The first-order valence-electron chi connectivity index (χ1n) is 10.8. The van der Waals surface area contributed by atoms with Gasteiger partial charge in [0.2, 0.25) is 0 Å². The molecule has 2 N–H and O–H groups in total. The van der Waals surface area contributed by atoms with Crippen molar-refractivity contribution in [1.82, 2.24) is 9.88 Å². The van der Waals surface area contributed by atoms with E-state index in [0.29, 0.717) is 23.3 Å². The maximum atomic E-state index is 11.3. The van der Waals surface area contributed by atoms with Crippen LogP contribution in [0.1, 0.15) is 19.4 Å². The number of hydrogen-bond donors (Lipinski definition) is 2. The number of rotatable bonds is 8. The van der Waals surface area contributed by atoms with Gasteiger partial charge < -0.3 is 15.2 Å². The summed E-state index contributed by atoms with van der Waals surface area (Å²) in [7, 11) is 1.60. The lowest BCUT2D eigenvalue weighted by Crippen LogP contribution is -2.22. The Kier molecular flexibility index (Phi) is 6.28. The highest BCUT2D eigenvalue weighted by atomic mass is 16.6. The van der Waals surface area contributed by atoms with E-state index in [9.17, 15) is 15.2 Å². The smallest absolute Gasteiger partial charge is 0.271 e. The maximum Gasteiger partial charge on any atom is 0.271 e. The zero-order valence-electron chi connectivity index (χ0n) is 18.8. The van der Waals surface area contributed by atoms with Crippen molar-refractivity contribution >= 4 is 38.9 Å². The van der Waals surface area contributed by atoms with Gasteiger partial charge >= 0.3 is 0 Å². The monoisotopic (exact) mass is 446 g/mol. The molecule has 8 nitrogen and oxygen atoms in total. The van der Waals surface area contributed by atoms with Gasteiger partial charge in [0.05, 0.1) is 28.8 Å². The van der Waals surface area contributed by atoms with E-state index in [1.807, 2.05) is 30.3 Å². The van der Waals surface area contributed by atoms with Crippen molar-refractivity contribution in [2.24, 2.45) is 0 Å². The molecule has 0 aliphatic carbocycles. The number of ether oxygens (including phenoxy) is 1. The summed E-state index contributed by atoms with van der Waals surface area (Å²) in [5.41, 5.74) is 3.58. The van der Waals surface area contributed by atoms with Crippen LogP contribution in [0.25, 0.3) is 21.8 Å². The molecule has 0 amide bonds. The SMILES string of the molecule is CCN(CC)Cc1cc(Nc2c3ccc([N+](=O)[O-])cc3nc3ccc(OC)cc23)ccc1O. The molecule has 0 saturated heterocycles. The number of anilines is 2. The van der Waals surface area contributed by atoms with E-state index < -0.39 is 4.92 Å². The third kappa shape index (κ3) is 4.51. The van der Waals surface area contributed by atoms with E-state index in [4.69, 9.17) is 4.74 Å². The van der Waals surface area contributed by atoms with Crippen LogP contribution < -0.4 is 10.1 Å². The molecule has 33 heavy (non-hydrogen) atoms. The van der Waals surface area contributed by atoms with Gasteiger partial charge in [0.25, 0.3) is 5.69 Å². The molecule has 170 valence electrons. The van der Waals surface area contributed by atoms with Crippen LogP contribution >= 0.6 is 0 Å². The highest BCUT2D eigenvalue weighted by molar-refractivity contribution is 6.09. The van der Waals surface area contributed by atoms with Gasteiger partial charge in [-0.05, 0) is 55.6 Å². The zero-order chi connectivity index (χ0) is 23.5. The molecule has 0 aliphatic rings. The second kappa shape index (κ2) is 9.30. The number of methoxy groups -OCH3 is 1. The molecule has 0 spiro atoms. The summed E-state index contributed by atoms with van der Waals surface area (Å²) >= 11 is 0. The van der Waals surface area contributed by atoms with Crippen LogP contribution in [0.5, 0.6) is 11.5 Å². The van der Waals surface area contributed by atoms with E-state index in [1.54, 1.807) is 19.2 Å². The molecule has 0 atom stereocenters. The molecular weight excluding hydrogens is 420 g/mol. The van der Waals surface area contributed by atoms with Gasteiger partial charge in [0.1, 0.15) is 11.5 Å². The number of phenols is 1. The van der Waals surface area contributed by atoms with Gasteiger partial charge in [0, 0.05) is 40.7 Å². The number of fused-ring (bicyclic) bond motifs is 2. The Bertz CT molecular complexity index is 1340. The van der Waals surface area contributed by atoms with Crippen LogP contribution in [0, 0.1) is 10.1 Å². The van der Waals surface area contributed by atoms with Crippen LogP contribution in [0.15, 0.2) is 54.6 Å². The number of nitrogens with one attached hydrogen (secondary N) is 1. The molecule has 0 unspecified atom stereocenters. The topological polar surface area (TPSA) is 101 Å². The summed E-state index contributed by atoms with van der Waals surface area (Å²) in [6, 6.07) is 15.6. The molecule has 0 radical (unpaired) electrons. The Hall–Kier alpha value is -3.91. The van der Waals surface area contributed by atoms with Crippen LogP contribution in [0.3, 0.4) is 0 Å². The van der Waals surface area contributed by atoms with Crippen LogP contribution in [0.4, 0.5) is 17.1 Å². The number of nitrogens with zero attached hydrogens (tertiary/aromatic N) is 3. The van der Waals surface area contributed by atoms with E-state index in [1.165, 1.54) is 12.1 Å². The number of nitro groups is 1. The van der Waals surface area contributed by atoms with E-state index >= 15 is 0 Å². The highest BCUT2D eigenvalue weighted by Crippen LogP contribution is 2.37. The predicted octanol–water partition coefficient (Wildman–Crippen LogP) is 5.60. The fourth-order valence-corrected chi connectivity index (χ4v) is 3.91. The Balaban J connectivity index is 1.87. The first-order valence-corrected chi connectivity index (χ1v) is 10.8. The van der Waals surface area contributed by atoms with Crippen molar-refractivity contribution in [3.8, 4) is 11.5 Å². The summed E-state index contributed by atoms with van der Waals surface area (Å²) in [6.45, 7) is 6.57. The normalized spacial score (nSPS) is 11.3. The second-order valence-electron chi connectivity index (χ2n) is 7.76. The molecule has 4 rings (SSSR count). The molecule has 0 fully saturated rings. The number of phenolic OH excluding ortho intramolecular Hbond substituents is 1. The predicted molar refractivity (Wildman–Crippen MR) is 130 cm³/mol. The molecule has 0 saturated carbocycles. The average molecular weight is 447 g/mol. The van der Waals surface area contributed by atoms with Crippen molar-refractivity contribution < 1.29 is 14.8 Å². The van der Waals surface area contributed by atoms with E-state index in [-0.39, 0.29) is 11.4 Å². The number of benzene rings is 3. The van der Waals surface area contributed by atoms with Crippen LogP contribution in [-0.2, 0) is 6.54 Å². The Morgan fingerprint density at radius 2 is 1.82 bits per heavy atom. The van der Waals surface area contributed by atoms with Gasteiger partial charge in [-0.2, -0.15) is 0 Å². The number of hydrogen-bond acceptors (Lipinski definition) is 7. The Morgan fingerprint density at radius 1 is 1.03 bits per heavy atom. The third-order valence-corrected chi connectivity index (χ3v) is 5.81. The number of aromatic nitrogens is 1. The number of aromatic hydroxyl groups is 1. The number of non-ortho nitro benzene ring substituents is 1. The van der Waals surface area contributed by atoms with Gasteiger partial charge in [0.15, 0.2) is 0 Å². The lowest BCUT2D eigenvalue weighted by molar-refractivity contribution is -0.384. The minimum Gasteiger partial charge on any atom is -0.508 e. The van der Waals surface area contributed by atoms with Gasteiger partial charge in [-0.1, -0.05) is 13.8 Å². The van der Waals surface area contributed by atoms with Crippen molar-refractivity contribution in [3.05, 3.63) is 70.3 Å². The summed E-state index contributed by atoms with van der Waals surface area (Å²) in [4.78, 5) is 17.7. The summed E-state index contributed by atoms with van der Waals surface area (Å²) < 4.78 is 5.41. The Labute approximate surface area is 191 Å².